The minimum Gasteiger partial charge on any atom is -0.366 e. The highest BCUT2D eigenvalue weighted by Crippen LogP contribution is 2.22. The van der Waals surface area contributed by atoms with Crippen LogP contribution in [0.3, 0.4) is 0 Å². The minimum absolute atomic E-state index is 0.0157. The van der Waals surface area contributed by atoms with Crippen molar-refractivity contribution >= 4 is 26.6 Å². The third-order valence-electron chi connectivity index (χ3n) is 3.51. The number of fused-ring (bicyclic) bond motifs is 1. The molecular weight excluding hydrogens is 260 g/mol. The summed E-state index contributed by atoms with van der Waals surface area (Å²) in [7, 11) is -2.86. The summed E-state index contributed by atoms with van der Waals surface area (Å²) in [5, 5.41) is 4.37. The molecule has 5 heteroatoms. The number of anilines is 1. The van der Waals surface area contributed by atoms with Gasteiger partial charge in [0.15, 0.2) is 9.84 Å². The van der Waals surface area contributed by atoms with Gasteiger partial charge in [0, 0.05) is 11.4 Å². The highest BCUT2D eigenvalue weighted by atomic mass is 32.2. The van der Waals surface area contributed by atoms with E-state index in [1.165, 1.54) is 0 Å². The minimum atomic E-state index is -2.86. The van der Waals surface area contributed by atoms with Crippen molar-refractivity contribution in [2.24, 2.45) is 0 Å². The molecule has 0 bridgehead atoms. The zero-order valence-corrected chi connectivity index (χ0v) is 11.6. The number of benzene rings is 1. The summed E-state index contributed by atoms with van der Waals surface area (Å²) in [6.07, 6.45) is 0.663. The molecule has 0 spiro atoms. The lowest BCUT2D eigenvalue weighted by atomic mass is 10.1. The van der Waals surface area contributed by atoms with Gasteiger partial charge in [-0.25, -0.2) is 13.4 Å². The molecule has 1 aliphatic rings. The Bertz CT molecular complexity index is 725. The van der Waals surface area contributed by atoms with Crippen molar-refractivity contribution < 1.29 is 8.42 Å². The quantitative estimate of drug-likeness (QED) is 0.913. The van der Waals surface area contributed by atoms with E-state index in [0.717, 1.165) is 22.3 Å². The van der Waals surface area contributed by atoms with Crippen molar-refractivity contribution in [2.75, 3.05) is 16.8 Å². The van der Waals surface area contributed by atoms with Gasteiger partial charge in [-0.3, -0.25) is 0 Å². The van der Waals surface area contributed by atoms with Gasteiger partial charge in [-0.2, -0.15) is 0 Å². The maximum atomic E-state index is 11.5. The average Bonchev–Trinajstić information content (AvgIpc) is 2.69. The fourth-order valence-electron chi connectivity index (χ4n) is 2.54. The van der Waals surface area contributed by atoms with Crippen LogP contribution >= 0.6 is 0 Å². The summed E-state index contributed by atoms with van der Waals surface area (Å²) >= 11 is 0. The number of aryl methyl sites for hydroxylation is 1. The van der Waals surface area contributed by atoms with Crippen molar-refractivity contribution in [3.63, 3.8) is 0 Å². The van der Waals surface area contributed by atoms with E-state index in [0.29, 0.717) is 6.42 Å². The Morgan fingerprint density at radius 2 is 2.11 bits per heavy atom. The first-order chi connectivity index (χ1) is 9.03. The molecule has 3 rings (SSSR count). The Morgan fingerprint density at radius 3 is 2.84 bits per heavy atom. The Labute approximate surface area is 112 Å². The first-order valence-corrected chi connectivity index (χ1v) is 8.19. The van der Waals surface area contributed by atoms with Crippen molar-refractivity contribution in [1.82, 2.24) is 4.98 Å². The van der Waals surface area contributed by atoms with Crippen LogP contribution < -0.4 is 5.32 Å². The number of hydrogen-bond donors (Lipinski definition) is 1. The average molecular weight is 276 g/mol. The molecule has 4 nitrogen and oxygen atoms in total. The van der Waals surface area contributed by atoms with Gasteiger partial charge in [0.25, 0.3) is 0 Å². The highest BCUT2D eigenvalue weighted by molar-refractivity contribution is 7.91. The van der Waals surface area contributed by atoms with E-state index in [4.69, 9.17) is 0 Å². The van der Waals surface area contributed by atoms with Gasteiger partial charge in [-0.15, -0.1) is 0 Å². The van der Waals surface area contributed by atoms with E-state index >= 15 is 0 Å². The smallest absolute Gasteiger partial charge is 0.152 e. The molecule has 1 fully saturated rings. The molecule has 1 unspecified atom stereocenters. The monoisotopic (exact) mass is 276 g/mol. The number of sulfone groups is 1. The van der Waals surface area contributed by atoms with E-state index < -0.39 is 9.84 Å². The fourth-order valence-corrected chi connectivity index (χ4v) is 4.21. The lowest BCUT2D eigenvalue weighted by molar-refractivity contribution is 0.602. The normalized spacial score (nSPS) is 21.6. The van der Waals surface area contributed by atoms with Gasteiger partial charge in [0.1, 0.15) is 5.82 Å². The summed E-state index contributed by atoms with van der Waals surface area (Å²) in [6, 6.07) is 9.93. The molecule has 1 aromatic carbocycles. The van der Waals surface area contributed by atoms with Gasteiger partial charge < -0.3 is 5.32 Å². The molecule has 2 heterocycles. The molecule has 1 atom stereocenters. The first-order valence-electron chi connectivity index (χ1n) is 6.37. The standard InChI is InChI=1S/C14H16N2O2S/c1-10-8-14(15-11-6-7-19(17,18)9-11)16-13-5-3-2-4-12(10)13/h2-5,8,11H,6-7,9H2,1H3,(H,15,16). The van der Waals surface area contributed by atoms with Gasteiger partial charge in [0.05, 0.1) is 17.0 Å². The Kier molecular flexibility index (Phi) is 2.93. The third-order valence-corrected chi connectivity index (χ3v) is 5.28. The second-order valence-corrected chi connectivity index (χ2v) is 7.31. The molecule has 0 radical (unpaired) electrons. The number of nitrogens with zero attached hydrogens (tertiary/aromatic N) is 1. The maximum Gasteiger partial charge on any atom is 0.152 e. The summed E-state index contributed by atoms with van der Waals surface area (Å²) in [5.41, 5.74) is 2.08. The number of aromatic nitrogens is 1. The van der Waals surface area contributed by atoms with Crippen molar-refractivity contribution in [3.8, 4) is 0 Å². The van der Waals surface area contributed by atoms with Crippen LogP contribution in [0, 0.1) is 6.92 Å². The van der Waals surface area contributed by atoms with Crippen molar-refractivity contribution in [1.29, 1.82) is 0 Å². The lowest BCUT2D eigenvalue weighted by Crippen LogP contribution is -2.21. The molecule has 2 aromatic rings. The topological polar surface area (TPSA) is 59.1 Å². The second kappa shape index (κ2) is 4.49. The molecule has 1 saturated heterocycles. The Morgan fingerprint density at radius 1 is 1.32 bits per heavy atom. The SMILES string of the molecule is Cc1cc(NC2CCS(=O)(=O)C2)nc2ccccc12. The van der Waals surface area contributed by atoms with Crippen LogP contribution in [-0.2, 0) is 9.84 Å². The zero-order valence-electron chi connectivity index (χ0n) is 10.8. The van der Waals surface area contributed by atoms with E-state index in [2.05, 4.69) is 10.3 Å². The molecular formula is C14H16N2O2S. The van der Waals surface area contributed by atoms with E-state index in [1.54, 1.807) is 0 Å². The van der Waals surface area contributed by atoms with Gasteiger partial charge in [-0.1, -0.05) is 18.2 Å². The van der Waals surface area contributed by atoms with Gasteiger partial charge in [-0.05, 0) is 31.0 Å². The fraction of sp³-hybridized carbons (Fsp3) is 0.357. The lowest BCUT2D eigenvalue weighted by Gasteiger charge is -2.13. The van der Waals surface area contributed by atoms with Crippen LogP contribution in [0.5, 0.6) is 0 Å². The molecule has 0 amide bonds. The summed E-state index contributed by atoms with van der Waals surface area (Å²) in [5.74, 6) is 1.25. The van der Waals surface area contributed by atoms with E-state index in [1.807, 2.05) is 37.3 Å². The summed E-state index contributed by atoms with van der Waals surface area (Å²) in [6.45, 7) is 2.04. The summed E-state index contributed by atoms with van der Waals surface area (Å²) < 4.78 is 22.9. The molecule has 1 aliphatic heterocycles. The molecule has 19 heavy (non-hydrogen) atoms. The van der Waals surface area contributed by atoms with Crippen LogP contribution in [0.15, 0.2) is 30.3 Å². The zero-order chi connectivity index (χ0) is 13.5. The van der Waals surface area contributed by atoms with E-state index in [-0.39, 0.29) is 17.5 Å². The molecule has 1 aromatic heterocycles. The second-order valence-electron chi connectivity index (χ2n) is 5.09. The van der Waals surface area contributed by atoms with Crippen LogP contribution in [0.25, 0.3) is 10.9 Å². The van der Waals surface area contributed by atoms with Crippen molar-refractivity contribution in [2.45, 2.75) is 19.4 Å². The van der Waals surface area contributed by atoms with Crippen LogP contribution in [-0.4, -0.2) is 30.9 Å². The molecule has 0 saturated carbocycles. The Balaban J connectivity index is 1.90. The number of nitrogens with one attached hydrogen (secondary N) is 1. The maximum absolute atomic E-state index is 11.5. The number of pyridine rings is 1. The van der Waals surface area contributed by atoms with Crippen molar-refractivity contribution in [3.05, 3.63) is 35.9 Å². The summed E-state index contributed by atoms with van der Waals surface area (Å²) in [4.78, 5) is 4.54. The van der Waals surface area contributed by atoms with Crippen LogP contribution in [0.2, 0.25) is 0 Å². The first kappa shape index (κ1) is 12.4. The van der Waals surface area contributed by atoms with E-state index in [9.17, 15) is 8.42 Å². The Hall–Kier alpha value is -1.62. The molecule has 0 aliphatic carbocycles. The van der Waals surface area contributed by atoms with Gasteiger partial charge >= 0.3 is 0 Å². The van der Waals surface area contributed by atoms with Crippen LogP contribution in [0.1, 0.15) is 12.0 Å². The molecule has 1 N–H and O–H groups in total. The largest absolute Gasteiger partial charge is 0.366 e. The number of hydrogen-bond acceptors (Lipinski definition) is 4. The number of rotatable bonds is 2. The molecule has 100 valence electrons. The number of para-hydroxylation sites is 1. The third kappa shape index (κ3) is 2.56. The highest BCUT2D eigenvalue weighted by Gasteiger charge is 2.27. The predicted molar refractivity (Wildman–Crippen MR) is 77.2 cm³/mol. The predicted octanol–water partition coefficient (Wildman–Crippen LogP) is 2.14. The van der Waals surface area contributed by atoms with Crippen LogP contribution in [0.4, 0.5) is 5.82 Å². The van der Waals surface area contributed by atoms with Gasteiger partial charge in [0.2, 0.25) is 0 Å².